The zero-order valence-corrected chi connectivity index (χ0v) is 12.5. The molecule has 0 aliphatic heterocycles. The maximum absolute atomic E-state index is 5.66. The van der Waals surface area contributed by atoms with Gasteiger partial charge in [0.2, 0.25) is 0 Å². The molecule has 0 bridgehead atoms. The van der Waals surface area contributed by atoms with E-state index in [1.807, 2.05) is 19.1 Å². The van der Waals surface area contributed by atoms with Crippen LogP contribution in [0.4, 0.5) is 0 Å². The van der Waals surface area contributed by atoms with Gasteiger partial charge in [-0.25, -0.2) is 0 Å². The molecule has 3 heteroatoms. The molecule has 0 saturated heterocycles. The predicted octanol–water partition coefficient (Wildman–Crippen LogP) is 4.03. The molecule has 0 atom stereocenters. The van der Waals surface area contributed by atoms with Crippen molar-refractivity contribution in [1.29, 1.82) is 0 Å². The molecule has 0 amide bonds. The highest BCUT2D eigenvalue weighted by Crippen LogP contribution is 2.10. The second-order valence-electron chi connectivity index (χ2n) is 4.40. The van der Waals surface area contributed by atoms with Crippen LogP contribution in [0.5, 0.6) is 0 Å². The molecule has 0 rings (SSSR count). The summed E-state index contributed by atoms with van der Waals surface area (Å²) in [6, 6.07) is 0. The number of aliphatic imine (C=N–C) groups is 2. The molecule has 0 aromatic rings. The summed E-state index contributed by atoms with van der Waals surface area (Å²) >= 11 is 0. The maximum atomic E-state index is 5.66. The van der Waals surface area contributed by atoms with E-state index in [0.29, 0.717) is 6.54 Å². The van der Waals surface area contributed by atoms with Gasteiger partial charge in [0.05, 0.1) is 6.54 Å². The Balaban J connectivity index is 4.61. The topological polar surface area (TPSA) is 50.7 Å². The lowest BCUT2D eigenvalue weighted by Crippen LogP contribution is -2.03. The van der Waals surface area contributed by atoms with Gasteiger partial charge < -0.3 is 5.73 Å². The Kier molecular flexibility index (Phi) is 10.5. The number of nitrogens with two attached hydrogens (primary N) is 1. The summed E-state index contributed by atoms with van der Waals surface area (Å²) in [5.41, 5.74) is 9.13. The molecule has 0 aliphatic rings. The molecule has 0 heterocycles. The zero-order valence-electron chi connectivity index (χ0n) is 12.5. The minimum Gasteiger partial charge on any atom is -0.404 e. The van der Waals surface area contributed by atoms with E-state index >= 15 is 0 Å². The summed E-state index contributed by atoms with van der Waals surface area (Å²) in [7, 11) is 0. The van der Waals surface area contributed by atoms with Crippen molar-refractivity contribution in [3.63, 3.8) is 0 Å². The van der Waals surface area contributed by atoms with Gasteiger partial charge in [0, 0.05) is 11.9 Å². The minimum absolute atomic E-state index is 0.716. The standard InChI is InChI=1S/C16H27N3/c1-5-7-10-16(12-17)14(3)19-13-15(6-2)9-8-11-18-4/h8-9,11-12H,4-7,10,13,17H2,1-3H3/b11-8-,15-9+,16-12+,19-14-. The maximum Gasteiger partial charge on any atom is 0.0605 e. The van der Waals surface area contributed by atoms with Crippen LogP contribution >= 0.6 is 0 Å². The quantitative estimate of drug-likeness (QED) is 0.494. The fourth-order valence-corrected chi connectivity index (χ4v) is 1.60. The third kappa shape index (κ3) is 8.14. The molecule has 0 spiro atoms. The van der Waals surface area contributed by atoms with Gasteiger partial charge in [-0.15, -0.1) is 0 Å². The van der Waals surface area contributed by atoms with Gasteiger partial charge in [-0.1, -0.05) is 26.3 Å². The Labute approximate surface area is 117 Å². The number of rotatable bonds is 9. The fraction of sp³-hybridized carbons (Fsp3) is 0.500. The molecule has 0 unspecified atom stereocenters. The van der Waals surface area contributed by atoms with E-state index in [-0.39, 0.29) is 0 Å². The number of unbranched alkanes of at least 4 members (excludes halogenated alkanes) is 1. The zero-order chi connectivity index (χ0) is 14.5. The van der Waals surface area contributed by atoms with Crippen molar-refractivity contribution in [1.82, 2.24) is 0 Å². The third-order valence-corrected chi connectivity index (χ3v) is 2.96. The SMILES string of the molecule is C=N/C=C\C=C(/CC)C/N=C(C)\C(=C\N)CCCC. The Bertz CT molecular complexity index is 373. The van der Waals surface area contributed by atoms with E-state index in [1.54, 1.807) is 12.4 Å². The van der Waals surface area contributed by atoms with Crippen molar-refractivity contribution in [2.24, 2.45) is 15.7 Å². The highest BCUT2D eigenvalue weighted by molar-refractivity contribution is 5.98. The lowest BCUT2D eigenvalue weighted by atomic mass is 10.1. The molecule has 0 aliphatic carbocycles. The van der Waals surface area contributed by atoms with E-state index in [4.69, 9.17) is 5.73 Å². The highest BCUT2D eigenvalue weighted by atomic mass is 14.7. The molecule has 0 aromatic heterocycles. The van der Waals surface area contributed by atoms with Crippen LogP contribution in [0.1, 0.15) is 46.5 Å². The van der Waals surface area contributed by atoms with Gasteiger partial charge in [-0.2, -0.15) is 0 Å². The van der Waals surface area contributed by atoms with Gasteiger partial charge in [-0.05, 0) is 56.3 Å². The summed E-state index contributed by atoms with van der Waals surface area (Å²) in [5, 5.41) is 0. The third-order valence-electron chi connectivity index (χ3n) is 2.96. The first-order valence-electron chi connectivity index (χ1n) is 6.92. The van der Waals surface area contributed by atoms with Gasteiger partial charge in [-0.3, -0.25) is 9.98 Å². The molecular weight excluding hydrogens is 234 g/mol. The fourth-order valence-electron chi connectivity index (χ4n) is 1.60. The van der Waals surface area contributed by atoms with E-state index in [1.165, 1.54) is 12.0 Å². The molecule has 19 heavy (non-hydrogen) atoms. The normalized spacial score (nSPS) is 14.2. The number of allylic oxidation sites excluding steroid dienone is 3. The average molecular weight is 261 g/mol. The van der Waals surface area contributed by atoms with Crippen LogP contribution in [0.15, 0.2) is 45.7 Å². The average Bonchev–Trinajstić information content (AvgIpc) is 2.43. The Morgan fingerprint density at radius 1 is 1.32 bits per heavy atom. The lowest BCUT2D eigenvalue weighted by Gasteiger charge is -2.06. The predicted molar refractivity (Wildman–Crippen MR) is 86.8 cm³/mol. The number of hydrogen-bond donors (Lipinski definition) is 1. The molecule has 3 nitrogen and oxygen atoms in total. The first-order valence-corrected chi connectivity index (χ1v) is 6.92. The van der Waals surface area contributed by atoms with Crippen LogP contribution in [0, 0.1) is 0 Å². The molecule has 0 saturated carbocycles. The summed E-state index contributed by atoms with van der Waals surface area (Å²) < 4.78 is 0. The van der Waals surface area contributed by atoms with Gasteiger partial charge in [0.15, 0.2) is 0 Å². The monoisotopic (exact) mass is 261 g/mol. The largest absolute Gasteiger partial charge is 0.404 e. The smallest absolute Gasteiger partial charge is 0.0605 e. The molecule has 2 N–H and O–H groups in total. The number of nitrogens with zero attached hydrogens (tertiary/aromatic N) is 2. The van der Waals surface area contributed by atoms with Crippen LogP contribution in [0.25, 0.3) is 0 Å². The van der Waals surface area contributed by atoms with Crippen molar-refractivity contribution in [3.05, 3.63) is 35.7 Å². The van der Waals surface area contributed by atoms with Crippen molar-refractivity contribution in [2.75, 3.05) is 6.54 Å². The van der Waals surface area contributed by atoms with E-state index in [9.17, 15) is 0 Å². The highest BCUT2D eigenvalue weighted by Gasteiger charge is 2.01. The second kappa shape index (κ2) is 11.5. The van der Waals surface area contributed by atoms with E-state index in [0.717, 1.165) is 30.5 Å². The summed E-state index contributed by atoms with van der Waals surface area (Å²) in [5.74, 6) is 0. The van der Waals surface area contributed by atoms with Gasteiger partial charge in [0.1, 0.15) is 0 Å². The Morgan fingerprint density at radius 3 is 2.58 bits per heavy atom. The molecular formula is C16H27N3. The molecule has 0 fully saturated rings. The first kappa shape index (κ1) is 17.4. The van der Waals surface area contributed by atoms with Crippen molar-refractivity contribution in [3.8, 4) is 0 Å². The second-order valence-corrected chi connectivity index (χ2v) is 4.40. The van der Waals surface area contributed by atoms with E-state index < -0.39 is 0 Å². The Morgan fingerprint density at radius 2 is 2.05 bits per heavy atom. The minimum atomic E-state index is 0.716. The van der Waals surface area contributed by atoms with Crippen LogP contribution in [0.3, 0.4) is 0 Å². The van der Waals surface area contributed by atoms with E-state index in [2.05, 4.69) is 30.5 Å². The van der Waals surface area contributed by atoms with Crippen LogP contribution in [0.2, 0.25) is 0 Å². The number of hydrogen-bond acceptors (Lipinski definition) is 3. The molecule has 0 radical (unpaired) electrons. The van der Waals surface area contributed by atoms with Crippen LogP contribution in [-0.2, 0) is 0 Å². The van der Waals surface area contributed by atoms with Crippen molar-refractivity contribution < 1.29 is 0 Å². The summed E-state index contributed by atoms with van der Waals surface area (Å²) in [6.07, 6.45) is 11.6. The summed E-state index contributed by atoms with van der Waals surface area (Å²) in [4.78, 5) is 8.29. The Hall–Kier alpha value is -1.64. The van der Waals surface area contributed by atoms with Crippen molar-refractivity contribution in [2.45, 2.75) is 46.5 Å². The van der Waals surface area contributed by atoms with Gasteiger partial charge >= 0.3 is 0 Å². The molecule has 0 aromatic carbocycles. The van der Waals surface area contributed by atoms with Crippen LogP contribution in [-0.4, -0.2) is 19.0 Å². The summed E-state index contributed by atoms with van der Waals surface area (Å²) in [6.45, 7) is 10.5. The van der Waals surface area contributed by atoms with Crippen LogP contribution < -0.4 is 5.73 Å². The molecule has 106 valence electrons. The van der Waals surface area contributed by atoms with Crippen molar-refractivity contribution >= 4 is 12.4 Å². The lowest BCUT2D eigenvalue weighted by molar-refractivity contribution is 0.800. The first-order chi connectivity index (χ1) is 9.19. The van der Waals surface area contributed by atoms with Gasteiger partial charge in [0.25, 0.3) is 0 Å².